The van der Waals surface area contributed by atoms with E-state index >= 15 is 0 Å². The molecule has 1 aromatic carbocycles. The lowest BCUT2D eigenvalue weighted by atomic mass is 9.98. The number of epoxide rings is 1. The monoisotopic (exact) mass is 376 g/mol. The van der Waals surface area contributed by atoms with E-state index in [-0.39, 0.29) is 12.2 Å². The Morgan fingerprint density at radius 1 is 1.15 bits per heavy atom. The van der Waals surface area contributed by atoms with Gasteiger partial charge in [0.1, 0.15) is 18.3 Å². The van der Waals surface area contributed by atoms with E-state index in [9.17, 15) is 9.59 Å². The Balaban J connectivity index is 1.65. The van der Waals surface area contributed by atoms with Crippen LogP contribution in [0.1, 0.15) is 30.1 Å². The highest BCUT2D eigenvalue weighted by molar-refractivity contribution is 5.89. The zero-order chi connectivity index (χ0) is 19.4. The average Bonchev–Trinajstić information content (AvgIpc) is 3.48. The smallest absolute Gasteiger partial charge is 0.338 e. The van der Waals surface area contributed by atoms with Crippen LogP contribution in [0.4, 0.5) is 0 Å². The van der Waals surface area contributed by atoms with Gasteiger partial charge < -0.3 is 23.7 Å². The fourth-order valence-corrected chi connectivity index (χ4v) is 3.14. The zero-order valence-corrected chi connectivity index (χ0v) is 15.5. The summed E-state index contributed by atoms with van der Waals surface area (Å²) >= 11 is 0. The van der Waals surface area contributed by atoms with Crippen molar-refractivity contribution in [1.29, 1.82) is 0 Å². The van der Waals surface area contributed by atoms with Gasteiger partial charge in [0, 0.05) is 12.7 Å². The Labute approximate surface area is 158 Å². The fraction of sp³-hybridized carbons (Fsp3) is 0.500. The lowest BCUT2D eigenvalue weighted by Crippen LogP contribution is -2.48. The molecule has 2 saturated heterocycles. The Hall–Kier alpha value is -2.22. The molecule has 0 aromatic heterocycles. The van der Waals surface area contributed by atoms with Gasteiger partial charge in [0.2, 0.25) is 0 Å². The maximum atomic E-state index is 12.4. The fourth-order valence-electron chi connectivity index (χ4n) is 3.14. The zero-order valence-electron chi connectivity index (χ0n) is 15.5. The van der Waals surface area contributed by atoms with E-state index in [0.29, 0.717) is 30.6 Å². The van der Waals surface area contributed by atoms with Crippen LogP contribution in [0.3, 0.4) is 0 Å². The number of esters is 2. The molecule has 0 unspecified atom stereocenters. The highest BCUT2D eigenvalue weighted by atomic mass is 16.7. The lowest BCUT2D eigenvalue weighted by Gasteiger charge is -2.32. The molecule has 2 fully saturated rings. The number of carbonyl (C=O) groups excluding carboxylic acids is 2. The quantitative estimate of drug-likeness (QED) is 0.391. The minimum atomic E-state index is -0.580. The van der Waals surface area contributed by atoms with Crippen molar-refractivity contribution in [2.45, 2.75) is 50.5 Å². The summed E-state index contributed by atoms with van der Waals surface area (Å²) in [5, 5.41) is 0. The van der Waals surface area contributed by atoms with Crippen molar-refractivity contribution in [2.75, 3.05) is 13.7 Å². The second-order valence-corrected chi connectivity index (χ2v) is 6.44. The van der Waals surface area contributed by atoms with Crippen molar-refractivity contribution in [3.63, 3.8) is 0 Å². The molecule has 2 aliphatic rings. The summed E-state index contributed by atoms with van der Waals surface area (Å²) < 4.78 is 27.5. The normalized spacial score (nSPS) is 28.7. The molecule has 146 valence electrons. The average molecular weight is 376 g/mol. The Kier molecular flexibility index (Phi) is 6.26. The maximum absolute atomic E-state index is 12.4. The molecule has 0 aliphatic carbocycles. The van der Waals surface area contributed by atoms with Gasteiger partial charge in [0.05, 0.1) is 12.2 Å². The highest BCUT2D eigenvalue weighted by Crippen LogP contribution is 2.41. The first-order valence-electron chi connectivity index (χ1n) is 8.99. The molecular formula is C20H24O7. The lowest BCUT2D eigenvalue weighted by molar-refractivity contribution is -0.200. The van der Waals surface area contributed by atoms with E-state index in [1.54, 1.807) is 31.2 Å². The van der Waals surface area contributed by atoms with Crippen molar-refractivity contribution in [3.05, 3.63) is 48.0 Å². The summed E-state index contributed by atoms with van der Waals surface area (Å²) in [4.78, 5) is 24.2. The van der Waals surface area contributed by atoms with Crippen molar-refractivity contribution in [1.82, 2.24) is 0 Å². The largest absolute Gasteiger partial charge is 0.463 e. The van der Waals surface area contributed by atoms with Crippen LogP contribution in [0.5, 0.6) is 0 Å². The van der Waals surface area contributed by atoms with Gasteiger partial charge in [-0.25, -0.2) is 9.59 Å². The van der Waals surface area contributed by atoms with Crippen LogP contribution in [0, 0.1) is 0 Å². The summed E-state index contributed by atoms with van der Waals surface area (Å²) in [6.07, 6.45) is -1.33. The number of hydrogen-bond acceptors (Lipinski definition) is 7. The van der Waals surface area contributed by atoms with Crippen molar-refractivity contribution in [2.24, 2.45) is 0 Å². The minimum absolute atomic E-state index is 0.256. The van der Waals surface area contributed by atoms with Crippen LogP contribution in [-0.2, 0) is 28.5 Å². The van der Waals surface area contributed by atoms with E-state index in [1.807, 2.05) is 6.07 Å². The Bertz CT molecular complexity index is 687. The molecule has 1 aromatic rings. The van der Waals surface area contributed by atoms with Gasteiger partial charge in [0.15, 0.2) is 12.4 Å². The first-order valence-corrected chi connectivity index (χ1v) is 8.99. The van der Waals surface area contributed by atoms with Gasteiger partial charge in [-0.3, -0.25) is 0 Å². The summed E-state index contributed by atoms with van der Waals surface area (Å²) in [6, 6.07) is 8.74. The third-order valence-electron chi connectivity index (χ3n) is 4.61. The molecule has 2 aliphatic heterocycles. The predicted molar refractivity (Wildman–Crippen MR) is 95.0 cm³/mol. The van der Waals surface area contributed by atoms with Crippen molar-refractivity contribution < 1.29 is 33.3 Å². The van der Waals surface area contributed by atoms with Gasteiger partial charge in [0.25, 0.3) is 0 Å². The third-order valence-corrected chi connectivity index (χ3v) is 4.61. The summed E-state index contributed by atoms with van der Waals surface area (Å²) in [5.74, 6) is -0.876. The number of rotatable bonds is 8. The highest BCUT2D eigenvalue weighted by Gasteiger charge is 2.59. The molecule has 3 rings (SSSR count). The first-order chi connectivity index (χ1) is 13.0. The number of hydrogen-bond donors (Lipinski definition) is 0. The molecule has 0 radical (unpaired) electrons. The molecule has 0 amide bonds. The standard InChI is InChI=1S/C20H24O7/c1-4-24-18(21)12(2)10-11-14-15(16-17(26-16)20(23-3)25-14)27-19(22)13-8-6-5-7-9-13/h5-9,14-17,20H,2,4,10-11H2,1,3H3/t14-,15-,16-,17-,20+/m1/s1. The first kappa shape index (κ1) is 19.5. The van der Waals surface area contributed by atoms with Gasteiger partial charge in [-0.05, 0) is 31.9 Å². The summed E-state index contributed by atoms with van der Waals surface area (Å²) in [6.45, 7) is 5.79. The van der Waals surface area contributed by atoms with Crippen LogP contribution >= 0.6 is 0 Å². The van der Waals surface area contributed by atoms with Crippen LogP contribution < -0.4 is 0 Å². The summed E-state index contributed by atoms with van der Waals surface area (Å²) in [5.41, 5.74) is 0.805. The topological polar surface area (TPSA) is 83.6 Å². The molecule has 7 heteroatoms. The van der Waals surface area contributed by atoms with Crippen LogP contribution in [0.25, 0.3) is 0 Å². The van der Waals surface area contributed by atoms with Gasteiger partial charge in [-0.2, -0.15) is 0 Å². The molecule has 2 heterocycles. The minimum Gasteiger partial charge on any atom is -0.463 e. The van der Waals surface area contributed by atoms with E-state index in [2.05, 4.69) is 6.58 Å². The maximum Gasteiger partial charge on any atom is 0.338 e. The van der Waals surface area contributed by atoms with Crippen LogP contribution in [0.2, 0.25) is 0 Å². The number of carbonyl (C=O) groups is 2. The molecule has 27 heavy (non-hydrogen) atoms. The van der Waals surface area contributed by atoms with Gasteiger partial charge in [-0.15, -0.1) is 0 Å². The molecule has 0 bridgehead atoms. The predicted octanol–water partition coefficient (Wildman–Crippen LogP) is 2.25. The third kappa shape index (κ3) is 4.55. The SMILES string of the molecule is C=C(CC[C@H]1O[C@H](OC)[C@@H]2O[C@@H]2[C@@H]1OC(=O)c1ccccc1)C(=O)OCC. The molecule has 0 spiro atoms. The number of ether oxygens (including phenoxy) is 5. The van der Waals surface area contributed by atoms with E-state index in [1.165, 1.54) is 7.11 Å². The molecule has 5 atom stereocenters. The second kappa shape index (κ2) is 8.65. The molecule has 7 nitrogen and oxygen atoms in total. The Morgan fingerprint density at radius 3 is 2.56 bits per heavy atom. The summed E-state index contributed by atoms with van der Waals surface area (Å²) in [7, 11) is 1.54. The number of methoxy groups -OCH3 is 1. The van der Waals surface area contributed by atoms with Crippen molar-refractivity contribution in [3.8, 4) is 0 Å². The molecule has 0 N–H and O–H groups in total. The van der Waals surface area contributed by atoms with Crippen LogP contribution in [0.15, 0.2) is 42.5 Å². The van der Waals surface area contributed by atoms with Crippen molar-refractivity contribution >= 4 is 11.9 Å². The van der Waals surface area contributed by atoms with E-state index in [4.69, 9.17) is 23.7 Å². The number of fused-ring (bicyclic) bond motifs is 1. The van der Waals surface area contributed by atoms with E-state index < -0.39 is 30.4 Å². The van der Waals surface area contributed by atoms with Crippen LogP contribution in [-0.4, -0.2) is 56.4 Å². The number of benzene rings is 1. The molecular weight excluding hydrogens is 352 g/mol. The Morgan fingerprint density at radius 2 is 1.89 bits per heavy atom. The van der Waals surface area contributed by atoms with Gasteiger partial charge >= 0.3 is 11.9 Å². The molecule has 0 saturated carbocycles. The second-order valence-electron chi connectivity index (χ2n) is 6.44. The van der Waals surface area contributed by atoms with Gasteiger partial charge in [-0.1, -0.05) is 24.8 Å². The van der Waals surface area contributed by atoms with E-state index in [0.717, 1.165) is 0 Å².